The first kappa shape index (κ1) is 50.3. The molecule has 0 aliphatic heterocycles. The third kappa shape index (κ3) is 33.4. The summed E-state index contributed by atoms with van der Waals surface area (Å²) in [6.45, 7) is -4.16. The first-order valence-corrected chi connectivity index (χ1v) is 7.66. The van der Waals surface area contributed by atoms with Gasteiger partial charge in [-0.15, -0.1) is 0 Å². The van der Waals surface area contributed by atoms with Gasteiger partial charge in [0.2, 0.25) is 0 Å². The van der Waals surface area contributed by atoms with Gasteiger partial charge in [-0.3, -0.25) is 14.7 Å². The van der Waals surface area contributed by atoms with Crippen molar-refractivity contribution in [2.24, 2.45) is 0 Å². The average Bonchev–Trinajstić information content (AvgIpc) is 2.46. The van der Waals surface area contributed by atoms with Gasteiger partial charge in [0.15, 0.2) is 0 Å². The molecular formula is C14H18K5N3O10. The fourth-order valence-electron chi connectivity index (χ4n) is 2.18. The van der Waals surface area contributed by atoms with Gasteiger partial charge in [0.1, 0.15) is 0 Å². The van der Waals surface area contributed by atoms with Crippen LogP contribution in [0.15, 0.2) is 0 Å². The van der Waals surface area contributed by atoms with Crippen LogP contribution in [0.25, 0.3) is 0 Å². The van der Waals surface area contributed by atoms with Crippen molar-refractivity contribution in [3.63, 3.8) is 0 Å². The van der Waals surface area contributed by atoms with E-state index in [1.807, 2.05) is 0 Å². The molecule has 13 nitrogen and oxygen atoms in total. The molecule has 18 heteroatoms. The maximum Gasteiger partial charge on any atom is 1.00 e. The molecule has 0 bridgehead atoms. The Labute approximate surface area is 398 Å². The zero-order valence-electron chi connectivity index (χ0n) is 19.3. The number of nitrogens with zero attached hydrogens (tertiary/aromatic N) is 3. The summed E-state index contributed by atoms with van der Waals surface area (Å²) in [6.07, 6.45) is 0. The smallest absolute Gasteiger partial charge is 0.549 e. The normalized spacial score (nSPS) is 9.34. The number of carbonyl (C=O) groups excluding carboxylic acids is 5. The van der Waals surface area contributed by atoms with Crippen LogP contribution in [0.5, 0.6) is 0 Å². The Hall–Kier alpha value is 5.41. The van der Waals surface area contributed by atoms with Gasteiger partial charge in [0.25, 0.3) is 0 Å². The summed E-state index contributed by atoms with van der Waals surface area (Å²) in [5.74, 6) is -7.67. The van der Waals surface area contributed by atoms with Crippen LogP contribution in [0.2, 0.25) is 0 Å². The molecule has 0 amide bonds. The standard InChI is InChI=1S/C14H23N3O10.5K/c18-10(19)5-15(1-3-16(6-11(20)21)7-12(22)23)2-4-17(8-13(24)25)9-14(26)27;;;;;/h1-9H2,(H,18,19)(H,20,21)(H,22,23)(H,24,25)(H,26,27);;;;;/q;5*+1/p-5. The van der Waals surface area contributed by atoms with E-state index in [0.29, 0.717) is 0 Å². The molecule has 0 N–H and O–H groups in total. The number of hydrogen-bond acceptors (Lipinski definition) is 13. The molecule has 0 rings (SSSR count). The van der Waals surface area contributed by atoms with E-state index >= 15 is 0 Å². The van der Waals surface area contributed by atoms with Gasteiger partial charge in [-0.2, -0.15) is 0 Å². The van der Waals surface area contributed by atoms with Gasteiger partial charge in [-0.25, -0.2) is 0 Å². The van der Waals surface area contributed by atoms with Crippen LogP contribution in [-0.4, -0.2) is 103 Å². The second-order valence-electron chi connectivity index (χ2n) is 5.56. The predicted molar refractivity (Wildman–Crippen MR) is 74.4 cm³/mol. The average molecular weight is 584 g/mol. The summed E-state index contributed by atoms with van der Waals surface area (Å²) in [7, 11) is 0. The van der Waals surface area contributed by atoms with E-state index in [-0.39, 0.29) is 283 Å². The molecule has 0 aromatic heterocycles. The van der Waals surface area contributed by atoms with Gasteiger partial charge >= 0.3 is 257 Å². The third-order valence-corrected chi connectivity index (χ3v) is 3.23. The van der Waals surface area contributed by atoms with E-state index in [0.717, 1.165) is 9.80 Å². The van der Waals surface area contributed by atoms with E-state index < -0.39 is 62.6 Å². The number of carboxylic acids is 5. The Bertz CT molecular complexity index is 501. The van der Waals surface area contributed by atoms with E-state index in [1.165, 1.54) is 4.90 Å². The minimum Gasteiger partial charge on any atom is -0.549 e. The molecule has 0 aliphatic carbocycles. The van der Waals surface area contributed by atoms with E-state index in [9.17, 15) is 49.5 Å². The molecular weight excluding hydrogens is 566 g/mol. The number of carboxylic acid groups (broad SMARTS) is 5. The molecule has 0 unspecified atom stereocenters. The Morgan fingerprint density at radius 3 is 0.719 bits per heavy atom. The first-order valence-electron chi connectivity index (χ1n) is 7.66. The van der Waals surface area contributed by atoms with Crippen molar-refractivity contribution >= 4 is 29.8 Å². The molecule has 0 fully saturated rings. The van der Waals surface area contributed by atoms with Gasteiger partial charge in [0.05, 0.1) is 29.8 Å². The van der Waals surface area contributed by atoms with Crippen LogP contribution in [0.1, 0.15) is 0 Å². The van der Waals surface area contributed by atoms with Crippen molar-refractivity contribution in [2.75, 3.05) is 58.9 Å². The topological polar surface area (TPSA) is 210 Å². The number of rotatable bonds is 16. The van der Waals surface area contributed by atoms with Gasteiger partial charge in [-0.1, -0.05) is 0 Å². The monoisotopic (exact) mass is 583 g/mol. The Morgan fingerprint density at radius 2 is 0.531 bits per heavy atom. The first-order chi connectivity index (χ1) is 12.5. The van der Waals surface area contributed by atoms with Crippen LogP contribution < -0.4 is 282 Å². The summed E-state index contributed by atoms with van der Waals surface area (Å²) in [5, 5.41) is 53.3. The summed E-state index contributed by atoms with van der Waals surface area (Å²) in [6, 6.07) is 0. The summed E-state index contributed by atoms with van der Waals surface area (Å²) in [4.78, 5) is 56.4. The molecule has 0 aromatic carbocycles. The predicted octanol–water partition coefficient (Wildman–Crippen LogP) is -24.3. The van der Waals surface area contributed by atoms with Crippen LogP contribution >= 0.6 is 0 Å². The largest absolute Gasteiger partial charge is 1.00 e. The molecule has 0 heterocycles. The fourth-order valence-corrected chi connectivity index (χ4v) is 2.18. The van der Waals surface area contributed by atoms with Crippen LogP contribution in [0.4, 0.5) is 0 Å². The van der Waals surface area contributed by atoms with E-state index in [2.05, 4.69) is 0 Å². The Kier molecular flexibility index (Phi) is 48.6. The maximum atomic E-state index is 10.8. The quantitative estimate of drug-likeness (QED) is 0.155. The number of aliphatic carboxylic acids is 5. The molecule has 0 aliphatic rings. The number of hydrogen-bond donors (Lipinski definition) is 0. The number of carbonyl (C=O) groups is 5. The van der Waals surface area contributed by atoms with E-state index in [4.69, 9.17) is 0 Å². The van der Waals surface area contributed by atoms with Crippen LogP contribution in [-0.2, 0) is 24.0 Å². The van der Waals surface area contributed by atoms with Gasteiger partial charge in [0, 0.05) is 58.9 Å². The molecule has 0 saturated carbocycles. The van der Waals surface area contributed by atoms with Gasteiger partial charge < -0.3 is 49.5 Å². The van der Waals surface area contributed by atoms with Gasteiger partial charge in [-0.05, 0) is 0 Å². The summed E-state index contributed by atoms with van der Waals surface area (Å²) < 4.78 is 0. The zero-order chi connectivity index (χ0) is 21.0. The molecule has 0 spiro atoms. The van der Waals surface area contributed by atoms with Crippen LogP contribution in [0, 0.1) is 0 Å². The third-order valence-electron chi connectivity index (χ3n) is 3.23. The summed E-state index contributed by atoms with van der Waals surface area (Å²) >= 11 is 0. The molecule has 0 atom stereocenters. The van der Waals surface area contributed by atoms with Crippen molar-refractivity contribution < 1.29 is 306 Å². The minimum atomic E-state index is -1.54. The molecule has 32 heavy (non-hydrogen) atoms. The van der Waals surface area contributed by atoms with Crippen LogP contribution in [0.3, 0.4) is 0 Å². The minimum absolute atomic E-state index is 0. The second-order valence-corrected chi connectivity index (χ2v) is 5.56. The van der Waals surface area contributed by atoms with Crippen molar-refractivity contribution in [3.8, 4) is 0 Å². The molecule has 154 valence electrons. The van der Waals surface area contributed by atoms with Crippen molar-refractivity contribution in [1.29, 1.82) is 0 Å². The second kappa shape index (κ2) is 30.9. The van der Waals surface area contributed by atoms with Crippen molar-refractivity contribution in [2.45, 2.75) is 0 Å². The Morgan fingerprint density at radius 1 is 0.375 bits per heavy atom. The maximum absolute atomic E-state index is 10.8. The summed E-state index contributed by atoms with van der Waals surface area (Å²) in [5.41, 5.74) is 0. The molecule has 0 saturated heterocycles. The Balaban J connectivity index is -0.000000338. The zero-order valence-corrected chi connectivity index (χ0v) is 34.9. The van der Waals surface area contributed by atoms with E-state index in [1.54, 1.807) is 0 Å². The fraction of sp³-hybridized carbons (Fsp3) is 0.643. The SMILES string of the molecule is O=C([O-])CN(CCN(CC(=O)[O-])CC(=O)[O-])CCN(CC(=O)[O-])CC(=O)[O-].[K+].[K+].[K+].[K+].[K+]. The van der Waals surface area contributed by atoms with Crippen molar-refractivity contribution in [3.05, 3.63) is 0 Å². The molecule has 0 aromatic rings. The van der Waals surface area contributed by atoms with Crippen molar-refractivity contribution in [1.82, 2.24) is 14.7 Å². The molecule has 0 radical (unpaired) electrons.